The number of aromatic nitrogens is 2. The smallest absolute Gasteiger partial charge is 0.261 e. The van der Waals surface area contributed by atoms with Gasteiger partial charge in [0.25, 0.3) is 5.91 Å². The van der Waals surface area contributed by atoms with E-state index in [4.69, 9.17) is 0 Å². The van der Waals surface area contributed by atoms with E-state index in [9.17, 15) is 4.79 Å². The van der Waals surface area contributed by atoms with Crippen LogP contribution in [-0.2, 0) is 13.6 Å². The average molecular weight is 235 g/mol. The minimum absolute atomic E-state index is 0.0173. The average Bonchev–Trinajstić information content (AvgIpc) is 2.84. The largest absolute Gasteiger partial charge is 0.347 e. The van der Waals surface area contributed by atoms with E-state index in [0.29, 0.717) is 6.54 Å². The van der Waals surface area contributed by atoms with Crippen LogP contribution in [0.3, 0.4) is 0 Å². The van der Waals surface area contributed by atoms with Crippen LogP contribution in [0.5, 0.6) is 0 Å². The van der Waals surface area contributed by atoms with Crippen molar-refractivity contribution in [1.82, 2.24) is 15.1 Å². The fraction of sp³-hybridized carbons (Fsp3) is 0.273. The van der Waals surface area contributed by atoms with Gasteiger partial charge >= 0.3 is 0 Å². The molecule has 0 fully saturated rings. The Morgan fingerprint density at radius 2 is 2.44 bits per heavy atom. The molecule has 2 aromatic heterocycles. The van der Waals surface area contributed by atoms with Crippen LogP contribution < -0.4 is 5.32 Å². The summed E-state index contributed by atoms with van der Waals surface area (Å²) >= 11 is 1.47. The highest BCUT2D eigenvalue weighted by atomic mass is 32.1. The normalized spacial score (nSPS) is 10.4. The van der Waals surface area contributed by atoms with E-state index in [1.165, 1.54) is 11.3 Å². The molecule has 84 valence electrons. The summed E-state index contributed by atoms with van der Waals surface area (Å²) in [6, 6.07) is 1.95. The van der Waals surface area contributed by atoms with Gasteiger partial charge in [-0.2, -0.15) is 5.10 Å². The first-order valence-electron chi connectivity index (χ1n) is 4.96. The van der Waals surface area contributed by atoms with Crippen LogP contribution >= 0.6 is 11.3 Å². The summed E-state index contributed by atoms with van der Waals surface area (Å²) in [6.07, 6.45) is 3.64. The van der Waals surface area contributed by atoms with Gasteiger partial charge in [0.1, 0.15) is 0 Å². The van der Waals surface area contributed by atoms with Gasteiger partial charge in [0.15, 0.2) is 0 Å². The van der Waals surface area contributed by atoms with E-state index in [-0.39, 0.29) is 5.91 Å². The van der Waals surface area contributed by atoms with Gasteiger partial charge in [-0.1, -0.05) is 0 Å². The lowest BCUT2D eigenvalue weighted by molar-refractivity contribution is 0.0954. The van der Waals surface area contributed by atoms with Crippen molar-refractivity contribution in [2.75, 3.05) is 0 Å². The Morgan fingerprint density at radius 3 is 3.00 bits per heavy atom. The van der Waals surface area contributed by atoms with Crippen LogP contribution in [0.2, 0.25) is 0 Å². The quantitative estimate of drug-likeness (QED) is 0.880. The van der Waals surface area contributed by atoms with Crippen molar-refractivity contribution >= 4 is 17.2 Å². The van der Waals surface area contributed by atoms with Gasteiger partial charge in [-0.3, -0.25) is 9.48 Å². The minimum atomic E-state index is -0.0173. The van der Waals surface area contributed by atoms with Crippen molar-refractivity contribution in [1.29, 1.82) is 0 Å². The topological polar surface area (TPSA) is 46.9 Å². The molecule has 2 heterocycles. The monoisotopic (exact) mass is 235 g/mol. The van der Waals surface area contributed by atoms with E-state index in [1.54, 1.807) is 10.9 Å². The fourth-order valence-corrected chi connectivity index (χ4v) is 2.27. The molecule has 0 aliphatic carbocycles. The van der Waals surface area contributed by atoms with Crippen LogP contribution in [0, 0.1) is 6.92 Å². The van der Waals surface area contributed by atoms with Crippen LogP contribution in [-0.4, -0.2) is 15.7 Å². The third-order valence-corrected chi connectivity index (χ3v) is 3.29. The minimum Gasteiger partial charge on any atom is -0.347 e. The first kappa shape index (κ1) is 10.9. The van der Waals surface area contributed by atoms with Gasteiger partial charge < -0.3 is 5.32 Å². The predicted octanol–water partition coefficient (Wildman–Crippen LogP) is 1.72. The number of carbonyl (C=O) groups is 1. The lowest BCUT2D eigenvalue weighted by atomic mass is 10.3. The summed E-state index contributed by atoms with van der Waals surface area (Å²) in [5, 5.41) is 8.84. The number of aryl methyl sites for hydroxylation is 2. The third kappa shape index (κ3) is 2.30. The maximum atomic E-state index is 11.8. The lowest BCUT2D eigenvalue weighted by Gasteiger charge is -2.02. The number of carbonyl (C=O) groups excluding carboxylic acids is 1. The zero-order valence-electron chi connectivity index (χ0n) is 9.23. The maximum Gasteiger partial charge on any atom is 0.261 e. The Kier molecular flexibility index (Phi) is 3.05. The molecule has 0 saturated carbocycles. The Labute approximate surface area is 97.9 Å². The molecule has 0 aliphatic rings. The second-order valence-corrected chi connectivity index (χ2v) is 4.55. The molecular formula is C11H13N3OS. The van der Waals surface area contributed by atoms with Gasteiger partial charge in [0, 0.05) is 25.4 Å². The summed E-state index contributed by atoms with van der Waals surface area (Å²) in [5.41, 5.74) is 2.03. The maximum absolute atomic E-state index is 11.8. The van der Waals surface area contributed by atoms with E-state index in [2.05, 4.69) is 10.4 Å². The van der Waals surface area contributed by atoms with Gasteiger partial charge in [-0.05, 0) is 23.9 Å². The molecule has 0 bridgehead atoms. The molecule has 1 N–H and O–H groups in total. The SMILES string of the molecule is Cc1ccsc1C(=O)NCc1cnn(C)c1. The number of amides is 1. The van der Waals surface area contributed by atoms with Crippen molar-refractivity contribution in [2.45, 2.75) is 13.5 Å². The summed E-state index contributed by atoms with van der Waals surface area (Å²) in [7, 11) is 1.86. The second-order valence-electron chi connectivity index (χ2n) is 3.64. The molecule has 0 aromatic carbocycles. The summed E-state index contributed by atoms with van der Waals surface area (Å²) in [6.45, 7) is 2.46. The zero-order valence-corrected chi connectivity index (χ0v) is 10.0. The fourth-order valence-electron chi connectivity index (χ4n) is 1.43. The molecule has 1 amide bonds. The Balaban J connectivity index is 1.96. The number of hydrogen-bond acceptors (Lipinski definition) is 3. The van der Waals surface area contributed by atoms with Gasteiger partial charge in [-0.15, -0.1) is 11.3 Å². The van der Waals surface area contributed by atoms with E-state index in [1.807, 2.05) is 31.6 Å². The van der Waals surface area contributed by atoms with Gasteiger partial charge in [0.2, 0.25) is 0 Å². The summed E-state index contributed by atoms with van der Waals surface area (Å²) in [4.78, 5) is 12.6. The highest BCUT2D eigenvalue weighted by molar-refractivity contribution is 7.12. The van der Waals surface area contributed by atoms with Crippen molar-refractivity contribution in [3.05, 3.63) is 39.8 Å². The van der Waals surface area contributed by atoms with Crippen LogP contribution in [0.25, 0.3) is 0 Å². The Morgan fingerprint density at radius 1 is 1.62 bits per heavy atom. The molecule has 0 unspecified atom stereocenters. The molecule has 16 heavy (non-hydrogen) atoms. The highest BCUT2D eigenvalue weighted by Crippen LogP contribution is 2.15. The molecule has 2 aromatic rings. The highest BCUT2D eigenvalue weighted by Gasteiger charge is 2.09. The number of nitrogens with one attached hydrogen (secondary N) is 1. The molecule has 0 aliphatic heterocycles. The van der Waals surface area contributed by atoms with E-state index < -0.39 is 0 Å². The standard InChI is InChI=1S/C11H13N3OS/c1-8-3-4-16-10(8)11(15)12-5-9-6-13-14(2)7-9/h3-4,6-7H,5H2,1-2H3,(H,12,15). The number of rotatable bonds is 3. The molecular weight excluding hydrogens is 222 g/mol. The van der Waals surface area contributed by atoms with Crippen molar-refractivity contribution in [2.24, 2.45) is 7.05 Å². The first-order valence-corrected chi connectivity index (χ1v) is 5.84. The zero-order chi connectivity index (χ0) is 11.5. The van der Waals surface area contributed by atoms with Crippen molar-refractivity contribution < 1.29 is 4.79 Å². The summed E-state index contributed by atoms with van der Waals surface area (Å²) < 4.78 is 1.72. The Hall–Kier alpha value is -1.62. The molecule has 0 saturated heterocycles. The first-order chi connectivity index (χ1) is 7.66. The molecule has 2 rings (SSSR count). The number of nitrogens with zero attached hydrogens (tertiary/aromatic N) is 2. The van der Waals surface area contributed by atoms with Crippen LogP contribution in [0.15, 0.2) is 23.8 Å². The molecule has 4 nitrogen and oxygen atoms in total. The number of thiophene rings is 1. The molecule has 0 atom stereocenters. The van der Waals surface area contributed by atoms with E-state index >= 15 is 0 Å². The van der Waals surface area contributed by atoms with Gasteiger partial charge in [0.05, 0.1) is 11.1 Å². The van der Waals surface area contributed by atoms with E-state index in [0.717, 1.165) is 16.0 Å². The number of hydrogen-bond donors (Lipinski definition) is 1. The van der Waals surface area contributed by atoms with Crippen molar-refractivity contribution in [3.8, 4) is 0 Å². The second kappa shape index (κ2) is 4.49. The van der Waals surface area contributed by atoms with Gasteiger partial charge in [-0.25, -0.2) is 0 Å². The molecule has 5 heteroatoms. The molecule has 0 spiro atoms. The van der Waals surface area contributed by atoms with Crippen LogP contribution in [0.4, 0.5) is 0 Å². The molecule has 0 radical (unpaired) electrons. The Bertz CT molecular complexity index is 501. The van der Waals surface area contributed by atoms with Crippen LogP contribution in [0.1, 0.15) is 20.8 Å². The third-order valence-electron chi connectivity index (χ3n) is 2.28. The lowest BCUT2D eigenvalue weighted by Crippen LogP contribution is -2.22. The predicted molar refractivity (Wildman–Crippen MR) is 63.4 cm³/mol. The van der Waals surface area contributed by atoms with Crippen molar-refractivity contribution in [3.63, 3.8) is 0 Å². The summed E-state index contributed by atoms with van der Waals surface area (Å²) in [5.74, 6) is -0.0173.